The summed E-state index contributed by atoms with van der Waals surface area (Å²) in [4.78, 5) is 4.06. The lowest BCUT2D eigenvalue weighted by molar-refractivity contribution is 0.378. The Hall–Kier alpha value is -0.920. The molecule has 1 atom stereocenters. The lowest BCUT2D eigenvalue weighted by Crippen LogP contribution is -2.40. The van der Waals surface area contributed by atoms with Crippen LogP contribution in [0.25, 0.3) is 0 Å². The maximum Gasteiger partial charge on any atom is 0.262 e. The van der Waals surface area contributed by atoms with Crippen molar-refractivity contribution in [1.29, 1.82) is 0 Å². The first kappa shape index (κ1) is 14.5. The molecule has 1 aliphatic heterocycles. The van der Waals surface area contributed by atoms with E-state index in [1.54, 1.807) is 16.8 Å². The highest BCUT2D eigenvalue weighted by atomic mass is 32.2. The molecular weight excluding hydrogens is 264 g/mol. The van der Waals surface area contributed by atoms with Gasteiger partial charge in [0.15, 0.2) is 5.03 Å². The molecule has 1 saturated heterocycles. The molecule has 0 aliphatic carbocycles. The Morgan fingerprint density at radius 1 is 1.53 bits per heavy atom. The van der Waals surface area contributed by atoms with Gasteiger partial charge in [0, 0.05) is 31.4 Å². The molecule has 0 aromatic carbocycles. The number of nitrogens with zero attached hydrogens (tertiary/aromatic N) is 3. The van der Waals surface area contributed by atoms with E-state index in [1.807, 2.05) is 25.5 Å². The third-order valence-electron chi connectivity index (χ3n) is 3.51. The number of rotatable bonds is 5. The van der Waals surface area contributed by atoms with Crippen LogP contribution in [0, 0.1) is 0 Å². The van der Waals surface area contributed by atoms with Crippen molar-refractivity contribution >= 4 is 10.0 Å². The second-order valence-electron chi connectivity index (χ2n) is 5.22. The van der Waals surface area contributed by atoms with Crippen LogP contribution in [-0.4, -0.2) is 48.5 Å². The summed E-state index contributed by atoms with van der Waals surface area (Å²) in [5.74, 6) is 0. The van der Waals surface area contributed by atoms with Crippen LogP contribution in [0.5, 0.6) is 0 Å². The van der Waals surface area contributed by atoms with E-state index in [-0.39, 0.29) is 17.1 Å². The predicted molar refractivity (Wildman–Crippen MR) is 73.5 cm³/mol. The normalized spacial score (nSPS) is 21.4. The van der Waals surface area contributed by atoms with Crippen molar-refractivity contribution in [3.8, 4) is 0 Å². The number of nitrogens with one attached hydrogen (secondary N) is 1. The van der Waals surface area contributed by atoms with Crippen molar-refractivity contribution in [2.75, 3.05) is 20.1 Å². The summed E-state index contributed by atoms with van der Waals surface area (Å²) in [6, 6.07) is 0.252. The van der Waals surface area contributed by atoms with E-state index < -0.39 is 10.0 Å². The summed E-state index contributed by atoms with van der Waals surface area (Å²) in [6.07, 6.45) is 5.02. The van der Waals surface area contributed by atoms with Crippen LogP contribution < -0.4 is 5.32 Å². The van der Waals surface area contributed by atoms with Gasteiger partial charge in [0.25, 0.3) is 10.0 Å². The van der Waals surface area contributed by atoms with Crippen molar-refractivity contribution in [3.63, 3.8) is 0 Å². The lowest BCUT2D eigenvalue weighted by atomic mass is 10.2. The van der Waals surface area contributed by atoms with E-state index in [9.17, 15) is 8.42 Å². The maximum atomic E-state index is 12.6. The van der Waals surface area contributed by atoms with Gasteiger partial charge in [-0.25, -0.2) is 13.4 Å². The molecule has 0 amide bonds. The van der Waals surface area contributed by atoms with Gasteiger partial charge >= 0.3 is 0 Å². The van der Waals surface area contributed by atoms with Gasteiger partial charge < -0.3 is 9.88 Å². The fourth-order valence-electron chi connectivity index (χ4n) is 2.42. The summed E-state index contributed by atoms with van der Waals surface area (Å²) in [5.41, 5.74) is 0. The van der Waals surface area contributed by atoms with Crippen LogP contribution in [-0.2, 0) is 10.0 Å². The molecule has 0 saturated carbocycles. The average Bonchev–Trinajstić information content (AvgIpc) is 2.97. The minimum atomic E-state index is -3.46. The van der Waals surface area contributed by atoms with Crippen molar-refractivity contribution in [2.45, 2.75) is 43.8 Å². The second kappa shape index (κ2) is 5.60. The Morgan fingerprint density at radius 3 is 2.84 bits per heavy atom. The van der Waals surface area contributed by atoms with E-state index in [4.69, 9.17) is 0 Å². The quantitative estimate of drug-likeness (QED) is 0.871. The van der Waals surface area contributed by atoms with E-state index in [0.717, 1.165) is 12.8 Å². The van der Waals surface area contributed by atoms with Gasteiger partial charge in [-0.15, -0.1) is 0 Å². The van der Waals surface area contributed by atoms with E-state index in [0.29, 0.717) is 13.1 Å². The zero-order valence-electron chi connectivity index (χ0n) is 11.7. The summed E-state index contributed by atoms with van der Waals surface area (Å²) in [6.45, 7) is 5.27. The highest BCUT2D eigenvalue weighted by Gasteiger charge is 2.36. The fourth-order valence-corrected chi connectivity index (χ4v) is 4.04. The molecule has 1 aromatic rings. The number of hydrogen-bond donors (Lipinski definition) is 1. The van der Waals surface area contributed by atoms with Gasteiger partial charge in [-0.3, -0.25) is 0 Å². The molecule has 6 nitrogen and oxygen atoms in total. The molecule has 2 rings (SSSR count). The summed E-state index contributed by atoms with van der Waals surface area (Å²) >= 11 is 0. The van der Waals surface area contributed by atoms with E-state index >= 15 is 0 Å². The molecule has 0 radical (unpaired) electrons. The summed E-state index contributed by atoms with van der Waals surface area (Å²) in [7, 11) is -1.62. The first-order chi connectivity index (χ1) is 8.96. The monoisotopic (exact) mass is 286 g/mol. The molecule has 1 N–H and O–H groups in total. The molecule has 0 spiro atoms. The Kier molecular flexibility index (Phi) is 4.27. The Labute approximate surface area is 114 Å². The third-order valence-corrected chi connectivity index (χ3v) is 5.35. The third kappa shape index (κ3) is 2.82. The Balaban J connectivity index is 2.25. The largest absolute Gasteiger partial charge is 0.334 e. The van der Waals surface area contributed by atoms with Crippen molar-refractivity contribution in [1.82, 2.24) is 19.2 Å². The van der Waals surface area contributed by atoms with Crippen molar-refractivity contribution in [2.24, 2.45) is 0 Å². The molecule has 108 valence electrons. The van der Waals surface area contributed by atoms with Gasteiger partial charge in [0.2, 0.25) is 0 Å². The number of hydrogen-bond acceptors (Lipinski definition) is 4. The molecule has 1 aromatic heterocycles. The average molecular weight is 286 g/mol. The predicted octanol–water partition coefficient (Wildman–Crippen LogP) is 0.836. The van der Waals surface area contributed by atoms with Crippen molar-refractivity contribution < 1.29 is 8.42 Å². The second-order valence-corrected chi connectivity index (χ2v) is 7.06. The standard InChI is InChI=1S/C12H22N4O2S/c1-10(2)15-8-12(14-9-15)19(17,18)16-6-4-5-11(16)7-13-3/h8-11,13H,4-7H2,1-3H3. The smallest absolute Gasteiger partial charge is 0.262 e. The zero-order valence-corrected chi connectivity index (χ0v) is 12.5. The molecule has 1 fully saturated rings. The Bertz CT molecular complexity index is 524. The van der Waals surface area contributed by atoms with Crippen molar-refractivity contribution in [3.05, 3.63) is 12.5 Å². The molecule has 7 heteroatoms. The minimum Gasteiger partial charge on any atom is -0.334 e. The van der Waals surface area contributed by atoms with Gasteiger partial charge in [0.05, 0.1) is 6.33 Å². The highest BCUT2D eigenvalue weighted by molar-refractivity contribution is 7.89. The van der Waals surface area contributed by atoms with Crippen LogP contribution in [0.15, 0.2) is 17.6 Å². The fraction of sp³-hybridized carbons (Fsp3) is 0.750. The first-order valence-corrected chi connectivity index (χ1v) is 8.10. The zero-order chi connectivity index (χ0) is 14.0. The van der Waals surface area contributed by atoms with E-state index in [1.165, 1.54) is 0 Å². The van der Waals surface area contributed by atoms with Gasteiger partial charge in [-0.2, -0.15) is 4.31 Å². The van der Waals surface area contributed by atoms with Crippen LogP contribution in [0.3, 0.4) is 0 Å². The summed E-state index contributed by atoms with van der Waals surface area (Å²) in [5, 5.41) is 3.21. The molecule has 0 bridgehead atoms. The first-order valence-electron chi connectivity index (χ1n) is 6.66. The van der Waals surface area contributed by atoms with Gasteiger partial charge in [-0.05, 0) is 33.7 Å². The van der Waals surface area contributed by atoms with Gasteiger partial charge in [0.1, 0.15) is 0 Å². The maximum absolute atomic E-state index is 12.6. The molecule has 1 unspecified atom stereocenters. The molecule has 1 aliphatic rings. The number of sulfonamides is 1. The van der Waals surface area contributed by atoms with Gasteiger partial charge in [-0.1, -0.05) is 0 Å². The minimum absolute atomic E-state index is 0.0409. The topological polar surface area (TPSA) is 67.2 Å². The molecular formula is C12H22N4O2S. The Morgan fingerprint density at radius 2 is 2.26 bits per heavy atom. The SMILES string of the molecule is CNCC1CCCN1S(=O)(=O)c1cn(C(C)C)cn1. The number of imidazole rings is 1. The summed E-state index contributed by atoms with van der Waals surface area (Å²) < 4.78 is 28.6. The van der Waals surface area contributed by atoms with E-state index in [2.05, 4.69) is 10.3 Å². The van der Waals surface area contributed by atoms with Crippen LogP contribution in [0.2, 0.25) is 0 Å². The lowest BCUT2D eigenvalue weighted by Gasteiger charge is -2.22. The van der Waals surface area contributed by atoms with Crippen LogP contribution >= 0.6 is 0 Å². The van der Waals surface area contributed by atoms with Crippen LogP contribution in [0.4, 0.5) is 0 Å². The molecule has 2 heterocycles. The van der Waals surface area contributed by atoms with Crippen LogP contribution in [0.1, 0.15) is 32.7 Å². The number of aromatic nitrogens is 2. The number of likely N-dealkylation sites (N-methyl/N-ethyl adjacent to an activating group) is 1. The highest BCUT2D eigenvalue weighted by Crippen LogP contribution is 2.25. The molecule has 19 heavy (non-hydrogen) atoms.